The Labute approximate surface area is 196 Å². The van der Waals surface area contributed by atoms with E-state index in [1.54, 1.807) is 13.2 Å². The van der Waals surface area contributed by atoms with Crippen molar-refractivity contribution in [2.75, 3.05) is 32.1 Å². The number of rotatable bonds is 9. The first-order valence-corrected chi connectivity index (χ1v) is 9.91. The number of hydrogen-bond donors (Lipinski definition) is 3. The van der Waals surface area contributed by atoms with Crippen molar-refractivity contribution in [3.05, 3.63) is 53.2 Å². The van der Waals surface area contributed by atoms with Crippen LogP contribution in [0.15, 0.2) is 41.4 Å². The highest BCUT2D eigenvalue weighted by Crippen LogP contribution is 2.19. The summed E-state index contributed by atoms with van der Waals surface area (Å²) in [5.74, 6) is 2.05. The predicted octanol–water partition coefficient (Wildman–Crippen LogP) is 3.45. The molecule has 0 aliphatic rings. The van der Waals surface area contributed by atoms with Crippen LogP contribution in [0.2, 0.25) is 0 Å². The summed E-state index contributed by atoms with van der Waals surface area (Å²) >= 11 is 0. The summed E-state index contributed by atoms with van der Waals surface area (Å²) in [4.78, 5) is 20.8. The van der Waals surface area contributed by atoms with Gasteiger partial charge < -0.3 is 20.7 Å². The molecule has 0 spiro atoms. The predicted molar refractivity (Wildman–Crippen MR) is 133 cm³/mol. The van der Waals surface area contributed by atoms with E-state index >= 15 is 0 Å². The summed E-state index contributed by atoms with van der Waals surface area (Å²) in [6.07, 6.45) is 1.10. The number of carbonyl (C=O) groups is 1. The van der Waals surface area contributed by atoms with Crippen LogP contribution in [0.4, 0.5) is 5.82 Å². The standard InChI is InChI=1S/C22H31N5O2.HI/c1-5-23-22(24-13-11-18-15-16(2)9-10-19(18)29-4)25-14-12-21(28)27-20-8-6-7-17(3)26-20;/h6-10,15H,5,11-14H2,1-4H3,(H2,23,24,25)(H,26,27,28);1H. The molecule has 0 aliphatic heterocycles. The molecule has 7 nitrogen and oxygen atoms in total. The molecular weight excluding hydrogens is 493 g/mol. The van der Waals surface area contributed by atoms with Crippen molar-refractivity contribution in [2.24, 2.45) is 4.99 Å². The third kappa shape index (κ3) is 8.98. The molecule has 2 rings (SSSR count). The number of ether oxygens (including phenoxy) is 1. The minimum Gasteiger partial charge on any atom is -0.496 e. The highest BCUT2D eigenvalue weighted by atomic mass is 127. The highest BCUT2D eigenvalue weighted by Gasteiger charge is 2.06. The molecule has 0 saturated heterocycles. The molecule has 1 aromatic carbocycles. The number of amides is 1. The highest BCUT2D eigenvalue weighted by molar-refractivity contribution is 14.0. The smallest absolute Gasteiger partial charge is 0.227 e. The molecule has 0 bridgehead atoms. The maximum atomic E-state index is 12.1. The molecule has 8 heteroatoms. The van der Waals surface area contributed by atoms with Gasteiger partial charge >= 0.3 is 0 Å². The Hall–Kier alpha value is -2.36. The van der Waals surface area contributed by atoms with Crippen LogP contribution in [0, 0.1) is 13.8 Å². The van der Waals surface area contributed by atoms with E-state index in [1.807, 2.05) is 38.1 Å². The van der Waals surface area contributed by atoms with Crippen LogP contribution in [0.25, 0.3) is 0 Å². The molecule has 0 aliphatic carbocycles. The summed E-state index contributed by atoms with van der Waals surface area (Å²) in [6, 6.07) is 11.7. The van der Waals surface area contributed by atoms with Gasteiger partial charge in [-0.25, -0.2) is 4.98 Å². The van der Waals surface area contributed by atoms with E-state index in [4.69, 9.17) is 4.74 Å². The third-order valence-electron chi connectivity index (χ3n) is 4.23. The van der Waals surface area contributed by atoms with Crippen molar-refractivity contribution in [3.63, 3.8) is 0 Å². The fourth-order valence-corrected chi connectivity index (χ4v) is 2.85. The molecule has 1 aromatic heterocycles. The summed E-state index contributed by atoms with van der Waals surface area (Å²) in [5.41, 5.74) is 3.22. The van der Waals surface area contributed by atoms with Crippen molar-refractivity contribution < 1.29 is 9.53 Å². The monoisotopic (exact) mass is 525 g/mol. The van der Waals surface area contributed by atoms with Gasteiger partial charge in [0.25, 0.3) is 0 Å². The fourth-order valence-electron chi connectivity index (χ4n) is 2.85. The number of nitrogens with zero attached hydrogens (tertiary/aromatic N) is 2. The number of hydrogen-bond acceptors (Lipinski definition) is 4. The van der Waals surface area contributed by atoms with Crippen molar-refractivity contribution in [2.45, 2.75) is 33.6 Å². The van der Waals surface area contributed by atoms with Gasteiger partial charge in [0.15, 0.2) is 5.96 Å². The molecule has 1 amide bonds. The molecule has 164 valence electrons. The number of aliphatic imine (C=N–C) groups is 1. The van der Waals surface area contributed by atoms with E-state index in [1.165, 1.54) is 5.56 Å². The number of carbonyl (C=O) groups excluding carboxylic acids is 1. The number of aromatic nitrogens is 1. The second kappa shape index (κ2) is 13.8. The van der Waals surface area contributed by atoms with Gasteiger partial charge in [-0.15, -0.1) is 24.0 Å². The zero-order chi connectivity index (χ0) is 21.1. The fraction of sp³-hybridized carbons (Fsp3) is 0.409. The van der Waals surface area contributed by atoms with Gasteiger partial charge in [0, 0.05) is 25.2 Å². The topological polar surface area (TPSA) is 87.6 Å². The van der Waals surface area contributed by atoms with Gasteiger partial charge in [-0.3, -0.25) is 9.79 Å². The van der Waals surface area contributed by atoms with Crippen LogP contribution >= 0.6 is 24.0 Å². The summed E-state index contributed by atoms with van der Waals surface area (Å²) in [6.45, 7) is 7.82. The zero-order valence-corrected chi connectivity index (χ0v) is 20.4. The zero-order valence-electron chi connectivity index (χ0n) is 18.1. The molecule has 0 fully saturated rings. The first-order valence-electron chi connectivity index (χ1n) is 9.91. The van der Waals surface area contributed by atoms with Gasteiger partial charge in [0.2, 0.25) is 5.91 Å². The molecule has 2 aromatic rings. The maximum Gasteiger partial charge on any atom is 0.227 e. The Morgan fingerprint density at radius 3 is 2.67 bits per heavy atom. The Morgan fingerprint density at radius 1 is 1.17 bits per heavy atom. The Balaban J connectivity index is 0.00000450. The molecule has 0 radical (unpaired) electrons. The van der Waals surface area contributed by atoms with Gasteiger partial charge in [0.05, 0.1) is 13.7 Å². The number of anilines is 1. The molecule has 0 saturated carbocycles. The van der Waals surface area contributed by atoms with E-state index in [0.717, 1.165) is 30.0 Å². The molecule has 30 heavy (non-hydrogen) atoms. The molecule has 1 heterocycles. The number of benzene rings is 1. The van der Waals surface area contributed by atoms with Crippen molar-refractivity contribution in [3.8, 4) is 5.75 Å². The number of nitrogens with one attached hydrogen (secondary N) is 3. The lowest BCUT2D eigenvalue weighted by atomic mass is 10.1. The Morgan fingerprint density at radius 2 is 1.97 bits per heavy atom. The van der Waals surface area contributed by atoms with Crippen LogP contribution < -0.4 is 20.7 Å². The van der Waals surface area contributed by atoms with Crippen LogP contribution in [0.3, 0.4) is 0 Å². The van der Waals surface area contributed by atoms with Crippen LogP contribution in [0.5, 0.6) is 5.75 Å². The van der Waals surface area contributed by atoms with Gasteiger partial charge in [-0.05, 0) is 51.0 Å². The van der Waals surface area contributed by atoms with Crippen molar-refractivity contribution in [1.82, 2.24) is 15.6 Å². The second-order valence-electron chi connectivity index (χ2n) is 6.72. The number of methoxy groups -OCH3 is 1. The average molecular weight is 525 g/mol. The lowest BCUT2D eigenvalue weighted by Crippen LogP contribution is -2.38. The molecular formula is C22H32IN5O2. The normalized spacial score (nSPS) is 10.7. The van der Waals surface area contributed by atoms with Crippen LogP contribution in [0.1, 0.15) is 30.2 Å². The summed E-state index contributed by atoms with van der Waals surface area (Å²) in [5, 5.41) is 9.31. The SMILES string of the molecule is CCNC(=NCCC(=O)Nc1cccc(C)n1)NCCc1cc(C)ccc1OC.I. The number of pyridine rings is 1. The molecule has 0 atom stereocenters. The first kappa shape index (κ1) is 25.7. The van der Waals surface area contributed by atoms with E-state index in [0.29, 0.717) is 24.9 Å². The largest absolute Gasteiger partial charge is 0.496 e. The van der Waals surface area contributed by atoms with E-state index < -0.39 is 0 Å². The van der Waals surface area contributed by atoms with Crippen LogP contribution in [-0.2, 0) is 11.2 Å². The van der Waals surface area contributed by atoms with E-state index in [-0.39, 0.29) is 36.3 Å². The van der Waals surface area contributed by atoms with E-state index in [2.05, 4.69) is 38.9 Å². The average Bonchev–Trinajstić information content (AvgIpc) is 2.68. The van der Waals surface area contributed by atoms with E-state index in [9.17, 15) is 4.79 Å². The minimum atomic E-state index is -0.104. The van der Waals surface area contributed by atoms with Crippen LogP contribution in [-0.4, -0.2) is 43.6 Å². The Bertz CT molecular complexity index is 842. The summed E-state index contributed by atoms with van der Waals surface area (Å²) in [7, 11) is 1.68. The Kier molecular flexibility index (Phi) is 11.8. The third-order valence-corrected chi connectivity index (χ3v) is 4.23. The number of aryl methyl sites for hydroxylation is 2. The van der Waals surface area contributed by atoms with Gasteiger partial charge in [0.1, 0.15) is 11.6 Å². The quantitative estimate of drug-likeness (QED) is 0.265. The lowest BCUT2D eigenvalue weighted by molar-refractivity contribution is -0.116. The van der Waals surface area contributed by atoms with Crippen molar-refractivity contribution >= 4 is 41.7 Å². The van der Waals surface area contributed by atoms with Gasteiger partial charge in [-0.1, -0.05) is 23.8 Å². The summed E-state index contributed by atoms with van der Waals surface area (Å²) < 4.78 is 5.43. The second-order valence-corrected chi connectivity index (χ2v) is 6.72. The molecule has 3 N–H and O–H groups in total. The minimum absolute atomic E-state index is 0. The van der Waals surface area contributed by atoms with Gasteiger partial charge in [-0.2, -0.15) is 0 Å². The molecule has 0 unspecified atom stereocenters. The van der Waals surface area contributed by atoms with Crippen molar-refractivity contribution in [1.29, 1.82) is 0 Å². The first-order chi connectivity index (χ1) is 14.0. The maximum absolute atomic E-state index is 12.1. The lowest BCUT2D eigenvalue weighted by Gasteiger charge is -2.13. The number of halogens is 1. The number of guanidine groups is 1.